The molecule has 0 aliphatic rings. The Hall–Kier alpha value is -2.24. The first-order valence-corrected chi connectivity index (χ1v) is 5.75. The van der Waals surface area contributed by atoms with E-state index in [0.717, 1.165) is 12.1 Å². The van der Waals surface area contributed by atoms with Crippen molar-refractivity contribution in [2.24, 2.45) is 7.05 Å². The van der Waals surface area contributed by atoms with Crippen LogP contribution in [0.2, 0.25) is 0 Å². The summed E-state index contributed by atoms with van der Waals surface area (Å²) in [5.74, 6) is -0.536. The first kappa shape index (κ1) is 14.2. The fourth-order valence-electron chi connectivity index (χ4n) is 1.90. The van der Waals surface area contributed by atoms with Crippen LogP contribution in [0.3, 0.4) is 0 Å². The van der Waals surface area contributed by atoms with Gasteiger partial charge >= 0.3 is 12.1 Å². The number of hydrogen-bond donors (Lipinski definition) is 0. The van der Waals surface area contributed by atoms with Gasteiger partial charge in [0, 0.05) is 18.8 Å². The minimum Gasteiger partial charge on any atom is -0.464 e. The summed E-state index contributed by atoms with van der Waals surface area (Å²) in [6, 6.07) is 6.46. The van der Waals surface area contributed by atoms with Crippen molar-refractivity contribution in [2.75, 3.05) is 7.11 Å². The molecule has 20 heavy (non-hydrogen) atoms. The Balaban J connectivity index is 2.45. The number of nitrogens with zero attached hydrogens (tertiary/aromatic N) is 1. The number of aromatic nitrogens is 1. The van der Waals surface area contributed by atoms with Crippen LogP contribution in [0.15, 0.2) is 36.5 Å². The van der Waals surface area contributed by atoms with Crippen LogP contribution >= 0.6 is 0 Å². The van der Waals surface area contributed by atoms with Crippen LogP contribution in [0.25, 0.3) is 11.1 Å². The lowest BCUT2D eigenvalue weighted by molar-refractivity contribution is -0.137. The maximum Gasteiger partial charge on any atom is 0.416 e. The van der Waals surface area contributed by atoms with Gasteiger partial charge in [-0.3, -0.25) is 0 Å². The number of aryl methyl sites for hydroxylation is 1. The predicted octanol–water partition coefficient (Wildman–Crippen LogP) is 3.50. The van der Waals surface area contributed by atoms with Gasteiger partial charge in [-0.1, -0.05) is 12.1 Å². The third-order valence-electron chi connectivity index (χ3n) is 2.92. The highest BCUT2D eigenvalue weighted by atomic mass is 19.4. The van der Waals surface area contributed by atoms with E-state index in [1.54, 1.807) is 19.3 Å². The molecule has 0 bridgehead atoms. The number of carbonyl (C=O) groups is 1. The third kappa shape index (κ3) is 2.68. The maximum absolute atomic E-state index is 12.7. The predicted molar refractivity (Wildman–Crippen MR) is 67.2 cm³/mol. The number of ether oxygens (including phenoxy) is 1. The van der Waals surface area contributed by atoms with Crippen LogP contribution < -0.4 is 0 Å². The topological polar surface area (TPSA) is 31.2 Å². The van der Waals surface area contributed by atoms with Crippen molar-refractivity contribution in [3.8, 4) is 11.1 Å². The van der Waals surface area contributed by atoms with Crippen LogP contribution in [0.5, 0.6) is 0 Å². The normalized spacial score (nSPS) is 11.4. The van der Waals surface area contributed by atoms with Crippen molar-refractivity contribution in [1.82, 2.24) is 4.57 Å². The summed E-state index contributed by atoms with van der Waals surface area (Å²) < 4.78 is 44.1. The van der Waals surface area contributed by atoms with Gasteiger partial charge in [0.2, 0.25) is 0 Å². The molecular weight excluding hydrogens is 271 g/mol. The summed E-state index contributed by atoms with van der Waals surface area (Å²) in [4.78, 5) is 11.5. The largest absolute Gasteiger partial charge is 0.464 e. The van der Waals surface area contributed by atoms with E-state index in [1.165, 1.54) is 23.8 Å². The highest BCUT2D eigenvalue weighted by Gasteiger charge is 2.30. The number of halogens is 3. The summed E-state index contributed by atoms with van der Waals surface area (Å²) >= 11 is 0. The van der Waals surface area contributed by atoms with Crippen molar-refractivity contribution in [1.29, 1.82) is 0 Å². The third-order valence-corrected chi connectivity index (χ3v) is 2.92. The first-order valence-electron chi connectivity index (χ1n) is 5.75. The van der Waals surface area contributed by atoms with Gasteiger partial charge < -0.3 is 9.30 Å². The smallest absolute Gasteiger partial charge is 0.416 e. The van der Waals surface area contributed by atoms with Crippen LogP contribution in [-0.2, 0) is 18.0 Å². The molecular formula is C14H12F3NO2. The second-order valence-corrected chi connectivity index (χ2v) is 4.30. The molecule has 6 heteroatoms. The molecule has 0 radical (unpaired) electrons. The Bertz CT molecular complexity index is 644. The van der Waals surface area contributed by atoms with Crippen molar-refractivity contribution < 1.29 is 22.7 Å². The first-order chi connectivity index (χ1) is 9.32. The van der Waals surface area contributed by atoms with Gasteiger partial charge in [-0.2, -0.15) is 13.2 Å². The summed E-state index contributed by atoms with van der Waals surface area (Å²) in [5.41, 5.74) is 0.475. The molecule has 0 aliphatic heterocycles. The van der Waals surface area contributed by atoms with Crippen molar-refractivity contribution in [2.45, 2.75) is 6.18 Å². The number of hydrogen-bond acceptors (Lipinski definition) is 2. The van der Waals surface area contributed by atoms with E-state index in [4.69, 9.17) is 0 Å². The van der Waals surface area contributed by atoms with Crippen LogP contribution in [0.1, 0.15) is 16.1 Å². The van der Waals surface area contributed by atoms with Gasteiger partial charge in [0.25, 0.3) is 0 Å². The van der Waals surface area contributed by atoms with E-state index in [1.807, 2.05) is 0 Å². The van der Waals surface area contributed by atoms with Crippen LogP contribution in [-0.4, -0.2) is 17.6 Å². The number of carbonyl (C=O) groups excluding carboxylic acids is 1. The quantitative estimate of drug-likeness (QED) is 0.790. The maximum atomic E-state index is 12.7. The second-order valence-electron chi connectivity index (χ2n) is 4.30. The molecule has 0 atom stereocenters. The Labute approximate surface area is 113 Å². The van der Waals surface area contributed by atoms with Gasteiger partial charge in [-0.25, -0.2) is 4.79 Å². The van der Waals surface area contributed by atoms with Gasteiger partial charge in [-0.05, 0) is 23.8 Å². The van der Waals surface area contributed by atoms with Crippen molar-refractivity contribution in [3.05, 3.63) is 47.8 Å². The van der Waals surface area contributed by atoms with Gasteiger partial charge in [0.1, 0.15) is 5.69 Å². The Morgan fingerprint density at radius 1 is 1.20 bits per heavy atom. The Morgan fingerprint density at radius 2 is 1.90 bits per heavy atom. The Kier molecular flexibility index (Phi) is 3.57. The standard InChI is InChI=1S/C14H12F3NO2/c1-18-8-10(7-12(18)13(19)20-2)9-4-3-5-11(6-9)14(15,16)17/h3-8H,1-2H3. The molecule has 0 spiro atoms. The zero-order valence-corrected chi connectivity index (χ0v) is 10.9. The fourth-order valence-corrected chi connectivity index (χ4v) is 1.90. The number of esters is 1. The van der Waals surface area contributed by atoms with Crippen molar-refractivity contribution >= 4 is 5.97 Å². The molecule has 0 unspecified atom stereocenters. The van der Waals surface area contributed by atoms with E-state index in [0.29, 0.717) is 11.1 Å². The molecule has 106 valence electrons. The molecule has 1 aromatic heterocycles. The lowest BCUT2D eigenvalue weighted by Gasteiger charge is -2.07. The SMILES string of the molecule is COC(=O)c1cc(-c2cccc(C(F)(F)F)c2)cn1C. The minimum absolute atomic E-state index is 0.278. The molecule has 0 aliphatic carbocycles. The molecule has 0 saturated heterocycles. The number of alkyl halides is 3. The van der Waals surface area contributed by atoms with E-state index in [2.05, 4.69) is 4.74 Å². The van der Waals surface area contributed by atoms with E-state index in [-0.39, 0.29) is 5.69 Å². The van der Waals surface area contributed by atoms with Crippen LogP contribution in [0.4, 0.5) is 13.2 Å². The van der Waals surface area contributed by atoms with E-state index < -0.39 is 17.7 Å². The molecule has 0 fully saturated rings. The van der Waals surface area contributed by atoms with E-state index in [9.17, 15) is 18.0 Å². The number of rotatable bonds is 2. The molecule has 2 rings (SSSR count). The number of methoxy groups -OCH3 is 1. The van der Waals surface area contributed by atoms with E-state index >= 15 is 0 Å². The van der Waals surface area contributed by atoms with Crippen molar-refractivity contribution in [3.63, 3.8) is 0 Å². The summed E-state index contributed by atoms with van der Waals surface area (Å²) in [7, 11) is 2.88. The Morgan fingerprint density at radius 3 is 2.50 bits per heavy atom. The van der Waals surface area contributed by atoms with Gasteiger partial charge in [-0.15, -0.1) is 0 Å². The summed E-state index contributed by atoms with van der Waals surface area (Å²) in [6.07, 6.45) is -2.81. The highest BCUT2D eigenvalue weighted by molar-refractivity contribution is 5.89. The lowest BCUT2D eigenvalue weighted by atomic mass is 10.1. The molecule has 0 saturated carbocycles. The molecule has 1 heterocycles. The van der Waals surface area contributed by atoms with Crippen LogP contribution in [0, 0.1) is 0 Å². The zero-order valence-electron chi connectivity index (χ0n) is 10.9. The second kappa shape index (κ2) is 5.03. The number of benzene rings is 1. The van der Waals surface area contributed by atoms with Gasteiger partial charge in [0.15, 0.2) is 0 Å². The molecule has 3 nitrogen and oxygen atoms in total. The molecule has 2 aromatic rings. The average Bonchev–Trinajstić information content (AvgIpc) is 2.79. The molecule has 0 amide bonds. The minimum atomic E-state index is -4.39. The fraction of sp³-hybridized carbons (Fsp3) is 0.214. The lowest BCUT2D eigenvalue weighted by Crippen LogP contribution is -2.06. The monoisotopic (exact) mass is 283 g/mol. The molecule has 0 N–H and O–H groups in total. The highest BCUT2D eigenvalue weighted by Crippen LogP contribution is 2.32. The average molecular weight is 283 g/mol. The van der Waals surface area contributed by atoms with Gasteiger partial charge in [0.05, 0.1) is 12.7 Å². The zero-order chi connectivity index (χ0) is 14.9. The molecule has 1 aromatic carbocycles. The summed E-state index contributed by atoms with van der Waals surface area (Å²) in [6.45, 7) is 0. The summed E-state index contributed by atoms with van der Waals surface area (Å²) in [5, 5.41) is 0.